The van der Waals surface area contributed by atoms with Crippen LogP contribution < -0.4 is 4.90 Å². The van der Waals surface area contributed by atoms with E-state index in [4.69, 9.17) is 21.3 Å². The van der Waals surface area contributed by atoms with Crippen molar-refractivity contribution in [2.45, 2.75) is 42.4 Å². The Bertz CT molecular complexity index is 1840. The molecular formula is C34H26Br3ClN2O5. The van der Waals surface area contributed by atoms with Crippen LogP contribution in [0.15, 0.2) is 71.2 Å². The van der Waals surface area contributed by atoms with Gasteiger partial charge in [-0.15, -0.1) is 0 Å². The van der Waals surface area contributed by atoms with E-state index in [1.165, 1.54) is 11.8 Å². The highest BCUT2D eigenvalue weighted by Gasteiger charge is 2.52. The van der Waals surface area contributed by atoms with E-state index in [0.717, 1.165) is 10.0 Å². The summed E-state index contributed by atoms with van der Waals surface area (Å²) in [7, 11) is 0. The van der Waals surface area contributed by atoms with Crippen LogP contribution in [-0.2, 0) is 14.3 Å². The van der Waals surface area contributed by atoms with Gasteiger partial charge in [-0.3, -0.25) is 19.3 Å². The van der Waals surface area contributed by atoms with Crippen molar-refractivity contribution < 1.29 is 23.9 Å². The van der Waals surface area contributed by atoms with Crippen LogP contribution in [0.4, 0.5) is 5.69 Å². The number of esters is 1. The van der Waals surface area contributed by atoms with Crippen molar-refractivity contribution in [2.24, 2.45) is 11.8 Å². The molecule has 0 bridgehead atoms. The van der Waals surface area contributed by atoms with E-state index >= 15 is 0 Å². The molecule has 3 aromatic carbocycles. The maximum atomic E-state index is 13.6. The van der Waals surface area contributed by atoms with E-state index < -0.39 is 12.1 Å². The van der Waals surface area contributed by atoms with Crippen molar-refractivity contribution in [1.82, 2.24) is 4.98 Å². The third-order valence-corrected chi connectivity index (χ3v) is 11.8. The highest BCUT2D eigenvalue weighted by Crippen LogP contribution is 2.44. The van der Waals surface area contributed by atoms with Crippen molar-refractivity contribution >= 4 is 99.5 Å². The number of halogens is 4. The summed E-state index contributed by atoms with van der Waals surface area (Å²) in [5.74, 6) is -2.07. The lowest BCUT2D eigenvalue weighted by molar-refractivity contribution is -0.122. The van der Waals surface area contributed by atoms with E-state index in [-0.39, 0.29) is 44.7 Å². The maximum Gasteiger partial charge on any atom is 0.339 e. The summed E-state index contributed by atoms with van der Waals surface area (Å²) < 4.78 is 6.45. The molecule has 2 fully saturated rings. The Balaban J connectivity index is 1.31. The summed E-state index contributed by atoms with van der Waals surface area (Å²) in [6, 6.07) is 18.8. The Morgan fingerprint density at radius 2 is 1.53 bits per heavy atom. The van der Waals surface area contributed by atoms with Crippen LogP contribution in [0, 0.1) is 18.8 Å². The van der Waals surface area contributed by atoms with Crippen molar-refractivity contribution in [3.8, 4) is 11.3 Å². The fraction of sp³-hybridized carbons (Fsp3) is 0.265. The molecule has 45 heavy (non-hydrogen) atoms. The second kappa shape index (κ2) is 12.7. The monoisotopic (exact) mass is 814 g/mol. The predicted octanol–water partition coefficient (Wildman–Crippen LogP) is 8.48. The van der Waals surface area contributed by atoms with Gasteiger partial charge in [-0.05, 0) is 86.8 Å². The van der Waals surface area contributed by atoms with Gasteiger partial charge in [0.1, 0.15) is 0 Å². The average Bonchev–Trinajstić information content (AvgIpc) is 3.25. The molecule has 2 aliphatic rings. The van der Waals surface area contributed by atoms with Crippen molar-refractivity contribution in [2.75, 3.05) is 4.90 Å². The number of pyridine rings is 1. The summed E-state index contributed by atoms with van der Waals surface area (Å²) in [6.45, 7) is 3.43. The minimum absolute atomic E-state index is 0.125. The van der Waals surface area contributed by atoms with Crippen molar-refractivity contribution in [3.63, 3.8) is 0 Å². The Hall–Kier alpha value is -2.92. The molecule has 230 valence electrons. The Morgan fingerprint density at radius 3 is 2.13 bits per heavy atom. The molecule has 7 nitrogen and oxygen atoms in total. The molecule has 6 rings (SSSR count). The number of alkyl halides is 2. The van der Waals surface area contributed by atoms with Gasteiger partial charge in [0.25, 0.3) is 0 Å². The molecule has 0 N–H and O–H groups in total. The van der Waals surface area contributed by atoms with Crippen LogP contribution in [0.25, 0.3) is 22.2 Å². The summed E-state index contributed by atoms with van der Waals surface area (Å²) in [6.07, 6.45) is 0.148. The molecule has 2 heterocycles. The number of aryl methyl sites for hydroxylation is 1. The number of hydrogen-bond donors (Lipinski definition) is 0. The SMILES string of the molecule is Cc1cc(Br)cc2c(C(=O)OC(C)C(=O)c3ccc(Cl)cc3)cc(-c3ccc(N4C(=O)C5CC(Br)C(Br)CC5C4=O)cc3)nc12. The molecule has 5 atom stereocenters. The first-order chi connectivity index (χ1) is 21.4. The second-order valence-corrected chi connectivity index (χ2v) is 15.1. The standard InChI is InChI=1S/C34H26Br3ClN2O5/c1-16-11-20(35)12-23-26(34(44)45-17(2)31(41)19-3-7-21(38)8-4-19)15-29(39-30(16)23)18-5-9-22(10-6-18)40-32(42)24-13-27(36)28(37)14-25(24)33(40)43/h3-12,15,17,24-25,27-28H,13-14H2,1-2H3. The molecule has 1 aromatic heterocycles. The quantitative estimate of drug-likeness (QED) is 0.0840. The first-order valence-electron chi connectivity index (χ1n) is 14.3. The van der Waals surface area contributed by atoms with E-state index in [9.17, 15) is 19.2 Å². The number of anilines is 1. The number of imide groups is 1. The van der Waals surface area contributed by atoms with Gasteiger partial charge in [0, 0.05) is 35.7 Å². The van der Waals surface area contributed by atoms with E-state index in [0.29, 0.717) is 51.3 Å². The lowest BCUT2D eigenvalue weighted by atomic mass is 9.81. The number of nitrogens with zero attached hydrogens (tertiary/aromatic N) is 2. The van der Waals surface area contributed by atoms with E-state index in [2.05, 4.69) is 47.8 Å². The molecule has 1 aliphatic heterocycles. The molecule has 2 amide bonds. The molecule has 1 saturated carbocycles. The Labute approximate surface area is 290 Å². The third-order valence-electron chi connectivity index (χ3n) is 8.40. The summed E-state index contributed by atoms with van der Waals surface area (Å²) in [5, 5.41) is 1.07. The molecule has 0 radical (unpaired) electrons. The normalized spacial score (nSPS) is 22.0. The van der Waals surface area contributed by atoms with Gasteiger partial charge in [-0.25, -0.2) is 9.78 Å². The molecule has 4 aromatic rings. The van der Waals surface area contributed by atoms with Gasteiger partial charge < -0.3 is 4.74 Å². The molecule has 11 heteroatoms. The van der Waals surface area contributed by atoms with Gasteiger partial charge in [0.05, 0.1) is 34.3 Å². The van der Waals surface area contributed by atoms with Crippen LogP contribution in [0.2, 0.25) is 5.02 Å². The third kappa shape index (κ3) is 6.14. The lowest BCUT2D eigenvalue weighted by Crippen LogP contribution is -2.34. The topological polar surface area (TPSA) is 93.6 Å². The number of benzene rings is 3. The van der Waals surface area contributed by atoms with Crippen molar-refractivity contribution in [1.29, 1.82) is 0 Å². The summed E-state index contributed by atoms with van der Waals surface area (Å²) >= 11 is 16.7. The zero-order valence-electron chi connectivity index (χ0n) is 24.1. The number of rotatable bonds is 6. The number of Topliss-reactive ketones (excluding diaryl/α,β-unsaturated/α-hetero) is 1. The van der Waals surface area contributed by atoms with Gasteiger partial charge >= 0.3 is 5.97 Å². The number of ether oxygens (including phenoxy) is 1. The Kier molecular flexibility index (Phi) is 9.04. The van der Waals surface area contributed by atoms with Crippen LogP contribution >= 0.6 is 59.4 Å². The largest absolute Gasteiger partial charge is 0.451 e. The second-order valence-electron chi connectivity index (χ2n) is 11.4. The summed E-state index contributed by atoms with van der Waals surface area (Å²) in [5.41, 5.74) is 3.75. The van der Waals surface area contributed by atoms with Gasteiger partial charge in [-0.1, -0.05) is 71.5 Å². The number of ketones is 1. The van der Waals surface area contributed by atoms with Crippen molar-refractivity contribution in [3.05, 3.63) is 92.9 Å². The van der Waals surface area contributed by atoms with Gasteiger partial charge in [0.2, 0.25) is 17.6 Å². The fourth-order valence-corrected chi connectivity index (χ4v) is 7.97. The zero-order chi connectivity index (χ0) is 32.2. The minimum atomic E-state index is -1.04. The van der Waals surface area contributed by atoms with E-state index in [1.807, 2.05) is 13.0 Å². The van der Waals surface area contributed by atoms with E-state index in [1.54, 1.807) is 60.7 Å². The average molecular weight is 818 g/mol. The lowest BCUT2D eigenvalue weighted by Gasteiger charge is -2.29. The summed E-state index contributed by atoms with van der Waals surface area (Å²) in [4.78, 5) is 59.6. The minimum Gasteiger partial charge on any atom is -0.451 e. The first-order valence-corrected chi connectivity index (χ1v) is 17.3. The van der Waals surface area contributed by atoms with Crippen LogP contribution in [0.1, 0.15) is 46.0 Å². The number of amides is 2. The molecule has 5 unspecified atom stereocenters. The van der Waals surface area contributed by atoms with Crippen LogP contribution in [0.5, 0.6) is 0 Å². The predicted molar refractivity (Wildman–Crippen MR) is 184 cm³/mol. The highest BCUT2D eigenvalue weighted by atomic mass is 79.9. The maximum absolute atomic E-state index is 13.6. The number of fused-ring (bicyclic) bond motifs is 2. The number of aromatic nitrogens is 1. The fourth-order valence-electron chi connectivity index (χ4n) is 6.03. The Morgan fingerprint density at radius 1 is 0.933 bits per heavy atom. The van der Waals surface area contributed by atoms with Crippen LogP contribution in [0.3, 0.4) is 0 Å². The number of carbonyl (C=O) groups excluding carboxylic acids is 4. The van der Waals surface area contributed by atoms with Gasteiger partial charge in [0.15, 0.2) is 6.10 Å². The molecule has 1 aliphatic carbocycles. The van der Waals surface area contributed by atoms with Crippen LogP contribution in [-0.4, -0.2) is 44.3 Å². The molecular weight excluding hydrogens is 792 g/mol. The highest BCUT2D eigenvalue weighted by molar-refractivity contribution is 9.12. The first kappa shape index (κ1) is 32.0. The van der Waals surface area contributed by atoms with Gasteiger partial charge in [-0.2, -0.15) is 0 Å². The smallest absolute Gasteiger partial charge is 0.339 e. The molecule has 1 saturated heterocycles. The molecule has 0 spiro atoms. The number of carbonyl (C=O) groups is 4. The zero-order valence-corrected chi connectivity index (χ0v) is 29.6. The number of hydrogen-bond acceptors (Lipinski definition) is 6.